The molecule has 3 rings (SSSR count). The molecule has 1 aliphatic rings. The highest BCUT2D eigenvalue weighted by Crippen LogP contribution is 2.21. The number of likely N-dealkylation sites (tertiary alicyclic amines) is 1. The third-order valence-electron chi connectivity index (χ3n) is 3.53. The minimum Gasteiger partial charge on any atom is -0.348 e. The van der Waals surface area contributed by atoms with Crippen molar-refractivity contribution in [2.75, 3.05) is 18.9 Å². The molecule has 1 saturated heterocycles. The fourth-order valence-corrected chi connectivity index (χ4v) is 3.28. The first kappa shape index (κ1) is 14.0. The summed E-state index contributed by atoms with van der Waals surface area (Å²) in [4.78, 5) is 30.6. The number of aromatic nitrogens is 3. The molecule has 1 amide bonds. The van der Waals surface area contributed by atoms with E-state index in [2.05, 4.69) is 15.4 Å². The number of carbonyl (C=O) groups excluding carboxylic acids is 1. The molecule has 0 spiro atoms. The van der Waals surface area contributed by atoms with Gasteiger partial charge in [0.05, 0.1) is 0 Å². The van der Waals surface area contributed by atoms with Gasteiger partial charge in [-0.3, -0.25) is 9.59 Å². The number of hydrogen-bond acceptors (Lipinski definition) is 6. The number of amides is 1. The zero-order valence-corrected chi connectivity index (χ0v) is 12.8. The molecule has 2 aromatic rings. The zero-order chi connectivity index (χ0) is 15.0. The summed E-state index contributed by atoms with van der Waals surface area (Å²) in [5, 5.41) is 7.88. The summed E-state index contributed by atoms with van der Waals surface area (Å²) >= 11 is 1.30. The van der Waals surface area contributed by atoms with Crippen LogP contribution in [0.4, 0.5) is 5.13 Å². The van der Waals surface area contributed by atoms with E-state index in [9.17, 15) is 9.59 Å². The maximum absolute atomic E-state index is 12.0. The molecule has 21 heavy (non-hydrogen) atoms. The highest BCUT2D eigenvalue weighted by molar-refractivity contribution is 7.20. The Morgan fingerprint density at radius 2 is 2.29 bits per heavy atom. The quantitative estimate of drug-likeness (QED) is 0.901. The van der Waals surface area contributed by atoms with E-state index in [1.807, 2.05) is 6.92 Å². The van der Waals surface area contributed by atoms with Gasteiger partial charge in [0.2, 0.25) is 16.0 Å². The van der Waals surface area contributed by atoms with Gasteiger partial charge in [-0.2, -0.15) is 4.52 Å². The molecule has 7 nitrogen and oxygen atoms in total. The summed E-state index contributed by atoms with van der Waals surface area (Å²) in [6, 6.07) is 1.26. The second kappa shape index (κ2) is 5.44. The monoisotopic (exact) mass is 307 g/mol. The van der Waals surface area contributed by atoms with Crippen molar-refractivity contribution < 1.29 is 4.79 Å². The van der Waals surface area contributed by atoms with Crippen molar-refractivity contribution in [3.63, 3.8) is 0 Å². The molecule has 0 saturated carbocycles. The molecule has 1 atom stereocenters. The first-order valence-corrected chi connectivity index (χ1v) is 7.81. The lowest BCUT2D eigenvalue weighted by Gasteiger charge is -2.10. The van der Waals surface area contributed by atoms with E-state index in [0.29, 0.717) is 10.1 Å². The Bertz CT molecular complexity index is 738. The van der Waals surface area contributed by atoms with Crippen molar-refractivity contribution in [1.29, 1.82) is 0 Å². The number of rotatable bonds is 4. The highest BCUT2D eigenvalue weighted by Gasteiger charge is 2.29. The summed E-state index contributed by atoms with van der Waals surface area (Å²) in [5.41, 5.74) is 0.608. The Kier molecular flexibility index (Phi) is 3.62. The Morgan fingerprint density at radius 1 is 1.48 bits per heavy atom. The summed E-state index contributed by atoms with van der Waals surface area (Å²) in [5.74, 6) is 0.0567. The van der Waals surface area contributed by atoms with E-state index in [1.165, 1.54) is 21.9 Å². The number of fused-ring (bicyclic) bond motifs is 1. The molecule has 0 bridgehead atoms. The second-order valence-corrected chi connectivity index (χ2v) is 6.14. The Hall–Kier alpha value is -1.96. The highest BCUT2D eigenvalue weighted by atomic mass is 32.1. The Labute approximate surface area is 125 Å². The molecular weight excluding hydrogens is 290 g/mol. The van der Waals surface area contributed by atoms with E-state index < -0.39 is 0 Å². The van der Waals surface area contributed by atoms with E-state index >= 15 is 0 Å². The largest absolute Gasteiger partial charge is 0.348 e. The molecular formula is C13H17N5O2S. The van der Waals surface area contributed by atoms with Crippen molar-refractivity contribution in [1.82, 2.24) is 19.5 Å². The van der Waals surface area contributed by atoms with Gasteiger partial charge < -0.3 is 10.2 Å². The van der Waals surface area contributed by atoms with Crippen LogP contribution in [0.5, 0.6) is 0 Å². The van der Waals surface area contributed by atoms with Gasteiger partial charge in [-0.25, -0.2) is 4.98 Å². The van der Waals surface area contributed by atoms with Crippen molar-refractivity contribution in [3.8, 4) is 0 Å². The minimum absolute atomic E-state index is 0.0567. The molecule has 1 aliphatic heterocycles. The van der Waals surface area contributed by atoms with Gasteiger partial charge in [0.25, 0.3) is 5.56 Å². The molecule has 0 aliphatic carbocycles. The third-order valence-corrected chi connectivity index (χ3v) is 4.37. The lowest BCUT2D eigenvalue weighted by atomic mass is 10.2. The molecule has 112 valence electrons. The predicted octanol–water partition coefficient (Wildman–Crippen LogP) is 0.746. The van der Waals surface area contributed by atoms with Gasteiger partial charge in [-0.1, -0.05) is 24.7 Å². The number of anilines is 1. The zero-order valence-electron chi connectivity index (χ0n) is 12.0. The number of carbonyl (C=O) groups is 1. The van der Waals surface area contributed by atoms with E-state index in [-0.39, 0.29) is 17.5 Å². The molecule has 3 heterocycles. The van der Waals surface area contributed by atoms with Gasteiger partial charge in [0, 0.05) is 25.4 Å². The van der Waals surface area contributed by atoms with Gasteiger partial charge in [0.1, 0.15) is 6.04 Å². The van der Waals surface area contributed by atoms with Crippen LogP contribution in [0.1, 0.15) is 25.5 Å². The van der Waals surface area contributed by atoms with Crippen molar-refractivity contribution in [3.05, 3.63) is 22.1 Å². The van der Waals surface area contributed by atoms with Gasteiger partial charge in [-0.15, -0.1) is 5.10 Å². The molecule has 2 aromatic heterocycles. The number of nitrogens with zero attached hydrogens (tertiary/aromatic N) is 4. The van der Waals surface area contributed by atoms with E-state index in [0.717, 1.165) is 31.5 Å². The number of aryl methyl sites for hydroxylation is 1. The average Bonchev–Trinajstić information content (AvgIpc) is 2.98. The van der Waals surface area contributed by atoms with Crippen LogP contribution < -0.4 is 10.9 Å². The minimum atomic E-state index is -0.263. The van der Waals surface area contributed by atoms with Crippen LogP contribution >= 0.6 is 11.3 Å². The lowest BCUT2D eigenvalue weighted by molar-refractivity contribution is -0.127. The van der Waals surface area contributed by atoms with Crippen LogP contribution in [0.2, 0.25) is 0 Å². The average molecular weight is 307 g/mol. The third kappa shape index (κ3) is 2.63. The van der Waals surface area contributed by atoms with Crippen LogP contribution in [0, 0.1) is 0 Å². The summed E-state index contributed by atoms with van der Waals surface area (Å²) in [7, 11) is 1.78. The second-order valence-electron chi connectivity index (χ2n) is 5.18. The smallest absolute Gasteiger partial charge is 0.275 e. The van der Waals surface area contributed by atoms with Crippen molar-refractivity contribution >= 4 is 27.3 Å². The summed E-state index contributed by atoms with van der Waals surface area (Å²) < 4.78 is 1.29. The number of hydrogen-bond donors (Lipinski definition) is 1. The standard InChI is InChI=1S/C13H17N5O2S/c1-3-4-8-7-10(19)18-13(14-8)21-12(16-18)15-9-5-6-17(2)11(9)20/h7,9H,3-6H2,1-2H3,(H,15,16). The van der Waals surface area contributed by atoms with Crippen molar-refractivity contribution in [2.24, 2.45) is 0 Å². The predicted molar refractivity (Wildman–Crippen MR) is 80.8 cm³/mol. The SMILES string of the molecule is CCCc1cc(=O)n2nc(NC3CCN(C)C3=O)sc2n1. The maximum Gasteiger partial charge on any atom is 0.275 e. The first-order valence-electron chi connectivity index (χ1n) is 7.00. The molecule has 0 aromatic carbocycles. The number of likely N-dealkylation sites (N-methyl/N-ethyl adjacent to an activating group) is 1. The van der Waals surface area contributed by atoms with Crippen LogP contribution in [-0.4, -0.2) is 45.0 Å². The fraction of sp³-hybridized carbons (Fsp3) is 0.538. The summed E-state index contributed by atoms with van der Waals surface area (Å²) in [6.45, 7) is 2.78. The van der Waals surface area contributed by atoms with Gasteiger partial charge in [0.15, 0.2) is 0 Å². The normalized spacial score (nSPS) is 18.7. The van der Waals surface area contributed by atoms with Gasteiger partial charge >= 0.3 is 0 Å². The molecule has 1 unspecified atom stereocenters. The Morgan fingerprint density at radius 3 is 2.95 bits per heavy atom. The molecule has 1 N–H and O–H groups in total. The number of nitrogens with one attached hydrogen (secondary N) is 1. The molecule has 0 radical (unpaired) electrons. The molecule has 1 fully saturated rings. The Balaban J connectivity index is 1.89. The maximum atomic E-state index is 12.0. The van der Waals surface area contributed by atoms with Crippen LogP contribution in [-0.2, 0) is 11.2 Å². The van der Waals surface area contributed by atoms with E-state index in [4.69, 9.17) is 0 Å². The van der Waals surface area contributed by atoms with Crippen LogP contribution in [0.3, 0.4) is 0 Å². The van der Waals surface area contributed by atoms with Crippen LogP contribution in [0.25, 0.3) is 4.96 Å². The first-order chi connectivity index (χ1) is 10.1. The summed E-state index contributed by atoms with van der Waals surface area (Å²) in [6.07, 6.45) is 2.46. The topological polar surface area (TPSA) is 79.6 Å². The van der Waals surface area contributed by atoms with Crippen molar-refractivity contribution in [2.45, 2.75) is 32.2 Å². The van der Waals surface area contributed by atoms with E-state index in [1.54, 1.807) is 11.9 Å². The van der Waals surface area contributed by atoms with Crippen LogP contribution in [0.15, 0.2) is 10.9 Å². The van der Waals surface area contributed by atoms with Gasteiger partial charge in [-0.05, 0) is 12.8 Å². The fourth-order valence-electron chi connectivity index (χ4n) is 2.40. The molecule has 8 heteroatoms. The lowest BCUT2D eigenvalue weighted by Crippen LogP contribution is -2.31.